The molecule has 0 fully saturated rings. The third kappa shape index (κ3) is 4.50. The highest BCUT2D eigenvalue weighted by Gasteiger charge is 2.41. The van der Waals surface area contributed by atoms with Crippen molar-refractivity contribution >= 4 is 5.82 Å². The van der Waals surface area contributed by atoms with Gasteiger partial charge in [0.2, 0.25) is 5.88 Å². The summed E-state index contributed by atoms with van der Waals surface area (Å²) in [5.41, 5.74) is 0. The van der Waals surface area contributed by atoms with E-state index < -0.39 is 19.0 Å². The van der Waals surface area contributed by atoms with Crippen LogP contribution in [-0.2, 0) is 0 Å². The van der Waals surface area contributed by atoms with Crippen LogP contribution in [-0.4, -0.2) is 35.5 Å². The van der Waals surface area contributed by atoms with Gasteiger partial charge in [-0.3, -0.25) is 0 Å². The molecule has 0 radical (unpaired) electrons. The summed E-state index contributed by atoms with van der Waals surface area (Å²) in [7, 11) is 0. The summed E-state index contributed by atoms with van der Waals surface area (Å²) in [6.07, 6.45) is -3.78. The number of ether oxygens (including phenoxy) is 1. The van der Waals surface area contributed by atoms with Gasteiger partial charge in [0, 0.05) is 18.5 Å². The van der Waals surface area contributed by atoms with Gasteiger partial charge in [0.05, 0.1) is 0 Å². The fourth-order valence-corrected chi connectivity index (χ4v) is 1.28. The second-order valence-electron chi connectivity index (χ2n) is 4.49. The smallest absolute Gasteiger partial charge is 0.340 e. The zero-order valence-corrected chi connectivity index (χ0v) is 11.5. The first-order chi connectivity index (χ1) is 9.26. The number of halogens is 4. The van der Waals surface area contributed by atoms with Crippen molar-refractivity contribution in [1.82, 2.24) is 9.97 Å². The van der Waals surface area contributed by atoms with Gasteiger partial charge >= 0.3 is 12.3 Å². The molecule has 0 saturated heterocycles. The van der Waals surface area contributed by atoms with Gasteiger partial charge in [0.1, 0.15) is 11.6 Å². The third-order valence-corrected chi connectivity index (χ3v) is 2.33. The lowest BCUT2D eigenvalue weighted by atomic mass is 10.2. The van der Waals surface area contributed by atoms with Crippen LogP contribution >= 0.6 is 0 Å². The van der Waals surface area contributed by atoms with Gasteiger partial charge < -0.3 is 10.1 Å². The van der Waals surface area contributed by atoms with Crippen molar-refractivity contribution in [3.8, 4) is 5.88 Å². The lowest BCUT2D eigenvalue weighted by molar-refractivity contribution is -0.148. The molecule has 0 aliphatic rings. The molecule has 1 aromatic heterocycles. The maximum absolute atomic E-state index is 12.8. The summed E-state index contributed by atoms with van der Waals surface area (Å²) < 4.78 is 54.4. The van der Waals surface area contributed by atoms with Crippen molar-refractivity contribution in [1.29, 1.82) is 0 Å². The van der Waals surface area contributed by atoms with Crippen LogP contribution in [0.4, 0.5) is 23.4 Å². The molecule has 0 amide bonds. The van der Waals surface area contributed by atoms with E-state index in [0.717, 1.165) is 0 Å². The number of anilines is 1. The highest BCUT2D eigenvalue weighted by molar-refractivity contribution is 5.38. The number of hydrogen-bond donors (Lipinski definition) is 1. The number of alkyl halides is 4. The van der Waals surface area contributed by atoms with Crippen LogP contribution in [0.25, 0.3) is 0 Å². The first-order valence-corrected chi connectivity index (χ1v) is 6.18. The Morgan fingerprint density at radius 3 is 2.45 bits per heavy atom. The molecule has 1 N–H and O–H groups in total. The van der Waals surface area contributed by atoms with Crippen molar-refractivity contribution in [2.75, 3.05) is 18.5 Å². The van der Waals surface area contributed by atoms with E-state index in [9.17, 15) is 17.6 Å². The van der Waals surface area contributed by atoms with E-state index in [-0.39, 0.29) is 11.8 Å². The quantitative estimate of drug-likeness (QED) is 0.784. The number of nitrogens with zero attached hydrogens (tertiary/aromatic N) is 2. The van der Waals surface area contributed by atoms with E-state index in [1.54, 1.807) is 0 Å². The molecule has 1 rings (SSSR count). The van der Waals surface area contributed by atoms with Crippen LogP contribution in [0.2, 0.25) is 0 Å². The number of aromatic nitrogens is 2. The molecule has 0 atom stereocenters. The Morgan fingerprint density at radius 2 is 1.95 bits per heavy atom. The van der Waals surface area contributed by atoms with E-state index in [1.165, 1.54) is 6.07 Å². The van der Waals surface area contributed by atoms with Crippen molar-refractivity contribution in [3.05, 3.63) is 11.9 Å². The van der Waals surface area contributed by atoms with Gasteiger partial charge in [-0.05, 0) is 6.92 Å². The standard InChI is InChI=1S/C12H17F4N3O/c1-4-17-8-5-9(19-10(18-8)7(2)3)20-6-12(15,16)11(13)14/h5,7,11H,4,6H2,1-3H3,(H,17,18,19). The molecular weight excluding hydrogens is 278 g/mol. The number of nitrogens with one attached hydrogen (secondary N) is 1. The molecule has 1 aromatic rings. The highest BCUT2D eigenvalue weighted by Crippen LogP contribution is 2.25. The summed E-state index contributed by atoms with van der Waals surface area (Å²) in [4.78, 5) is 8.09. The van der Waals surface area contributed by atoms with Gasteiger partial charge in [-0.15, -0.1) is 0 Å². The van der Waals surface area contributed by atoms with Crippen molar-refractivity contribution in [2.45, 2.75) is 39.0 Å². The van der Waals surface area contributed by atoms with Crippen molar-refractivity contribution < 1.29 is 22.3 Å². The van der Waals surface area contributed by atoms with E-state index in [0.29, 0.717) is 18.2 Å². The summed E-state index contributed by atoms with van der Waals surface area (Å²) in [5, 5.41) is 2.90. The topological polar surface area (TPSA) is 47.0 Å². The molecular formula is C12H17F4N3O. The first kappa shape index (κ1) is 16.5. The molecule has 20 heavy (non-hydrogen) atoms. The second kappa shape index (κ2) is 6.71. The third-order valence-electron chi connectivity index (χ3n) is 2.33. The van der Waals surface area contributed by atoms with Crippen LogP contribution in [0.1, 0.15) is 32.5 Å². The Morgan fingerprint density at radius 1 is 1.30 bits per heavy atom. The monoisotopic (exact) mass is 295 g/mol. The predicted molar refractivity (Wildman–Crippen MR) is 66.7 cm³/mol. The Labute approximate surface area is 114 Å². The predicted octanol–water partition coefficient (Wildman–Crippen LogP) is 3.31. The lowest BCUT2D eigenvalue weighted by Crippen LogP contribution is -2.34. The van der Waals surface area contributed by atoms with E-state index in [1.807, 2.05) is 20.8 Å². The highest BCUT2D eigenvalue weighted by atomic mass is 19.3. The number of rotatable bonds is 7. The molecule has 0 unspecified atom stereocenters. The molecule has 0 aromatic carbocycles. The van der Waals surface area contributed by atoms with Crippen molar-refractivity contribution in [3.63, 3.8) is 0 Å². The zero-order chi connectivity index (χ0) is 15.3. The first-order valence-electron chi connectivity index (χ1n) is 6.18. The Bertz CT molecular complexity index is 441. The molecule has 1 heterocycles. The van der Waals surface area contributed by atoms with Crippen LogP contribution in [0, 0.1) is 0 Å². The summed E-state index contributed by atoms with van der Waals surface area (Å²) in [6.45, 7) is 4.62. The molecule has 0 aliphatic heterocycles. The molecule has 0 aliphatic carbocycles. The summed E-state index contributed by atoms with van der Waals surface area (Å²) in [5.74, 6) is -3.62. The fraction of sp³-hybridized carbons (Fsp3) is 0.667. The van der Waals surface area contributed by atoms with Crippen LogP contribution in [0.15, 0.2) is 6.07 Å². The van der Waals surface area contributed by atoms with Gasteiger partial charge in [0.15, 0.2) is 6.61 Å². The molecule has 114 valence electrons. The van der Waals surface area contributed by atoms with Gasteiger partial charge in [-0.2, -0.15) is 13.8 Å². The van der Waals surface area contributed by atoms with Gasteiger partial charge in [0.25, 0.3) is 0 Å². The fourth-order valence-electron chi connectivity index (χ4n) is 1.28. The van der Waals surface area contributed by atoms with Gasteiger partial charge in [-0.1, -0.05) is 13.8 Å². The second-order valence-corrected chi connectivity index (χ2v) is 4.49. The zero-order valence-electron chi connectivity index (χ0n) is 11.5. The molecule has 0 bridgehead atoms. The average molecular weight is 295 g/mol. The number of hydrogen-bond acceptors (Lipinski definition) is 4. The average Bonchev–Trinajstić information content (AvgIpc) is 2.36. The summed E-state index contributed by atoms with van der Waals surface area (Å²) >= 11 is 0. The normalized spacial score (nSPS) is 12.1. The Kier molecular flexibility index (Phi) is 5.52. The summed E-state index contributed by atoms with van der Waals surface area (Å²) in [6, 6.07) is 1.30. The van der Waals surface area contributed by atoms with E-state index in [2.05, 4.69) is 20.0 Å². The van der Waals surface area contributed by atoms with Crippen LogP contribution < -0.4 is 10.1 Å². The van der Waals surface area contributed by atoms with E-state index in [4.69, 9.17) is 0 Å². The minimum atomic E-state index is -4.21. The van der Waals surface area contributed by atoms with Crippen LogP contribution in [0.5, 0.6) is 5.88 Å². The molecule has 0 saturated carbocycles. The minimum absolute atomic E-state index is 0.0495. The maximum Gasteiger partial charge on any atom is 0.340 e. The SMILES string of the molecule is CCNc1cc(OCC(F)(F)C(F)F)nc(C(C)C)n1. The van der Waals surface area contributed by atoms with Crippen molar-refractivity contribution in [2.24, 2.45) is 0 Å². The van der Waals surface area contributed by atoms with Gasteiger partial charge in [-0.25, -0.2) is 13.8 Å². The maximum atomic E-state index is 12.8. The Hall–Kier alpha value is -1.60. The van der Waals surface area contributed by atoms with E-state index >= 15 is 0 Å². The largest absolute Gasteiger partial charge is 0.471 e. The molecule has 4 nitrogen and oxygen atoms in total. The molecule has 8 heteroatoms. The lowest BCUT2D eigenvalue weighted by Gasteiger charge is -2.16. The Balaban J connectivity index is 2.88. The minimum Gasteiger partial charge on any atom is -0.471 e. The van der Waals surface area contributed by atoms with Crippen LogP contribution in [0.3, 0.4) is 0 Å². The molecule has 0 spiro atoms.